The van der Waals surface area contributed by atoms with E-state index in [0.29, 0.717) is 17.9 Å². The largest absolute Gasteiger partial charge is 0.355 e. The Hall–Kier alpha value is -3.55. The zero-order valence-electron chi connectivity index (χ0n) is 16.2. The van der Waals surface area contributed by atoms with E-state index >= 15 is 0 Å². The number of aryl methyl sites for hydroxylation is 1. The highest BCUT2D eigenvalue weighted by Gasteiger charge is 2.18. The van der Waals surface area contributed by atoms with E-state index in [2.05, 4.69) is 15.6 Å². The van der Waals surface area contributed by atoms with Crippen LogP contribution < -0.4 is 16.1 Å². The number of halogens is 1. The zero-order valence-corrected chi connectivity index (χ0v) is 16.2. The van der Waals surface area contributed by atoms with Crippen molar-refractivity contribution in [3.05, 3.63) is 69.9 Å². The van der Waals surface area contributed by atoms with Crippen molar-refractivity contribution in [3.63, 3.8) is 0 Å². The molecule has 0 saturated heterocycles. The molecule has 0 saturated carbocycles. The van der Waals surface area contributed by atoms with Gasteiger partial charge in [0.1, 0.15) is 23.6 Å². The molecule has 2 heterocycles. The summed E-state index contributed by atoms with van der Waals surface area (Å²) >= 11 is 0. The fourth-order valence-corrected chi connectivity index (χ4v) is 2.88. The second kappa shape index (κ2) is 8.64. The molecule has 0 aliphatic rings. The number of carbonyl (C=O) groups is 2. The second-order valence-corrected chi connectivity index (χ2v) is 6.64. The standard InChI is InChI=1S/C21H21FN4O3/c1-3-9-23-18(27)12-26-11-17(19(28)16-8-7-13(2)24-20(16)26)21(29)25-15-6-4-5-14(22)10-15/h4-8,10-11H,3,9,12H2,1-2H3,(H,23,27)(H,25,29). The number of nitrogens with one attached hydrogen (secondary N) is 2. The highest BCUT2D eigenvalue weighted by Crippen LogP contribution is 2.14. The first-order chi connectivity index (χ1) is 13.9. The van der Waals surface area contributed by atoms with Crippen LogP contribution in [0, 0.1) is 12.7 Å². The average molecular weight is 396 g/mol. The molecule has 150 valence electrons. The first kappa shape index (κ1) is 20.2. The Morgan fingerprint density at radius 2 is 2.00 bits per heavy atom. The van der Waals surface area contributed by atoms with Crippen LogP contribution in [0.15, 0.2) is 47.4 Å². The number of pyridine rings is 2. The molecular weight excluding hydrogens is 375 g/mol. The number of amides is 2. The van der Waals surface area contributed by atoms with Crippen molar-refractivity contribution >= 4 is 28.5 Å². The minimum absolute atomic E-state index is 0.0898. The van der Waals surface area contributed by atoms with Gasteiger partial charge in [-0.05, 0) is 43.7 Å². The first-order valence-corrected chi connectivity index (χ1v) is 9.23. The van der Waals surface area contributed by atoms with Gasteiger partial charge in [-0.1, -0.05) is 13.0 Å². The minimum Gasteiger partial charge on any atom is -0.355 e. The summed E-state index contributed by atoms with van der Waals surface area (Å²) in [5, 5.41) is 5.51. The molecule has 0 bridgehead atoms. The van der Waals surface area contributed by atoms with Crippen LogP contribution in [0.4, 0.5) is 10.1 Å². The molecule has 1 aromatic carbocycles. The third-order valence-electron chi connectivity index (χ3n) is 4.27. The molecule has 0 atom stereocenters. The monoisotopic (exact) mass is 396 g/mol. The van der Waals surface area contributed by atoms with Gasteiger partial charge in [-0.25, -0.2) is 9.37 Å². The van der Waals surface area contributed by atoms with Gasteiger partial charge in [0.25, 0.3) is 5.91 Å². The molecule has 0 fully saturated rings. The number of rotatable bonds is 6. The Morgan fingerprint density at radius 3 is 2.72 bits per heavy atom. The maximum absolute atomic E-state index is 13.4. The number of anilines is 1. The smallest absolute Gasteiger partial charge is 0.261 e. The number of nitrogens with zero attached hydrogens (tertiary/aromatic N) is 2. The summed E-state index contributed by atoms with van der Waals surface area (Å²) < 4.78 is 14.9. The van der Waals surface area contributed by atoms with Gasteiger partial charge >= 0.3 is 0 Å². The lowest BCUT2D eigenvalue weighted by Crippen LogP contribution is -2.30. The van der Waals surface area contributed by atoms with E-state index < -0.39 is 17.2 Å². The normalized spacial score (nSPS) is 10.7. The Balaban J connectivity index is 2.04. The van der Waals surface area contributed by atoms with Crippen LogP contribution in [-0.4, -0.2) is 27.9 Å². The average Bonchev–Trinajstić information content (AvgIpc) is 2.68. The van der Waals surface area contributed by atoms with Crippen molar-refractivity contribution in [1.29, 1.82) is 0 Å². The Bertz CT molecular complexity index is 1140. The Labute approximate surface area is 166 Å². The summed E-state index contributed by atoms with van der Waals surface area (Å²) in [5.74, 6) is -1.45. The first-order valence-electron chi connectivity index (χ1n) is 9.23. The van der Waals surface area contributed by atoms with Crippen LogP contribution in [0.5, 0.6) is 0 Å². The SMILES string of the molecule is CCCNC(=O)Cn1cc(C(=O)Nc2cccc(F)c2)c(=O)c2ccc(C)nc21. The lowest BCUT2D eigenvalue weighted by Gasteiger charge is -2.13. The van der Waals surface area contributed by atoms with Crippen molar-refractivity contribution in [2.45, 2.75) is 26.8 Å². The topological polar surface area (TPSA) is 93.1 Å². The second-order valence-electron chi connectivity index (χ2n) is 6.64. The predicted molar refractivity (Wildman–Crippen MR) is 108 cm³/mol. The van der Waals surface area contributed by atoms with Gasteiger partial charge in [0.15, 0.2) is 0 Å². The molecule has 0 aliphatic heterocycles. The molecule has 29 heavy (non-hydrogen) atoms. The summed E-state index contributed by atoms with van der Waals surface area (Å²) in [4.78, 5) is 42.1. The van der Waals surface area contributed by atoms with E-state index in [4.69, 9.17) is 0 Å². The Kier molecular flexibility index (Phi) is 6.01. The van der Waals surface area contributed by atoms with E-state index in [0.717, 1.165) is 12.5 Å². The fraction of sp³-hybridized carbons (Fsp3) is 0.238. The lowest BCUT2D eigenvalue weighted by atomic mass is 10.1. The third-order valence-corrected chi connectivity index (χ3v) is 4.27. The van der Waals surface area contributed by atoms with Gasteiger partial charge in [0, 0.05) is 24.1 Å². The quantitative estimate of drug-likeness (QED) is 0.670. The molecular formula is C21H21FN4O3. The Morgan fingerprint density at radius 1 is 1.21 bits per heavy atom. The molecule has 8 heteroatoms. The van der Waals surface area contributed by atoms with E-state index in [9.17, 15) is 18.8 Å². The maximum atomic E-state index is 13.4. The van der Waals surface area contributed by atoms with E-state index in [1.165, 1.54) is 29.0 Å². The van der Waals surface area contributed by atoms with Crippen LogP contribution in [0.3, 0.4) is 0 Å². The maximum Gasteiger partial charge on any atom is 0.261 e. The minimum atomic E-state index is -0.689. The summed E-state index contributed by atoms with van der Waals surface area (Å²) in [5.41, 5.74) is 0.562. The molecule has 0 unspecified atom stereocenters. The summed E-state index contributed by atoms with van der Waals surface area (Å²) in [7, 11) is 0. The van der Waals surface area contributed by atoms with Crippen LogP contribution in [0.1, 0.15) is 29.4 Å². The molecule has 2 aromatic heterocycles. The van der Waals surface area contributed by atoms with Crippen molar-refractivity contribution in [2.24, 2.45) is 0 Å². The number of hydrogen-bond acceptors (Lipinski definition) is 4. The number of hydrogen-bond donors (Lipinski definition) is 2. The van der Waals surface area contributed by atoms with Crippen molar-refractivity contribution in [1.82, 2.24) is 14.9 Å². The van der Waals surface area contributed by atoms with Gasteiger partial charge in [-0.15, -0.1) is 0 Å². The summed E-state index contributed by atoms with van der Waals surface area (Å²) in [6.45, 7) is 4.15. The van der Waals surface area contributed by atoms with Gasteiger partial charge in [0.05, 0.1) is 5.39 Å². The molecule has 0 radical (unpaired) electrons. The van der Waals surface area contributed by atoms with E-state index in [1.54, 1.807) is 19.1 Å². The molecule has 3 rings (SSSR count). The van der Waals surface area contributed by atoms with Crippen LogP contribution in [0.2, 0.25) is 0 Å². The van der Waals surface area contributed by atoms with Crippen LogP contribution >= 0.6 is 0 Å². The van der Waals surface area contributed by atoms with Crippen molar-refractivity contribution in [3.8, 4) is 0 Å². The van der Waals surface area contributed by atoms with Gasteiger partial charge in [0.2, 0.25) is 11.3 Å². The molecule has 2 amide bonds. The summed E-state index contributed by atoms with van der Waals surface area (Å²) in [6.07, 6.45) is 2.10. The van der Waals surface area contributed by atoms with Crippen LogP contribution in [-0.2, 0) is 11.3 Å². The third kappa shape index (κ3) is 4.66. The number of benzene rings is 1. The van der Waals surface area contributed by atoms with E-state index in [-0.39, 0.29) is 29.1 Å². The van der Waals surface area contributed by atoms with Crippen molar-refractivity contribution < 1.29 is 14.0 Å². The molecule has 3 aromatic rings. The van der Waals surface area contributed by atoms with Gasteiger partial charge < -0.3 is 15.2 Å². The molecule has 7 nitrogen and oxygen atoms in total. The predicted octanol–water partition coefficient (Wildman–Crippen LogP) is 2.62. The van der Waals surface area contributed by atoms with E-state index in [1.807, 2.05) is 6.92 Å². The molecule has 0 spiro atoms. The summed E-state index contributed by atoms with van der Waals surface area (Å²) in [6, 6.07) is 8.62. The van der Waals surface area contributed by atoms with Gasteiger partial charge in [-0.3, -0.25) is 14.4 Å². The van der Waals surface area contributed by atoms with Gasteiger partial charge in [-0.2, -0.15) is 0 Å². The van der Waals surface area contributed by atoms with Crippen molar-refractivity contribution in [2.75, 3.05) is 11.9 Å². The fourth-order valence-electron chi connectivity index (χ4n) is 2.88. The van der Waals surface area contributed by atoms with Crippen LogP contribution in [0.25, 0.3) is 11.0 Å². The molecule has 2 N–H and O–H groups in total. The number of carbonyl (C=O) groups excluding carboxylic acids is 2. The number of aromatic nitrogens is 2. The molecule has 0 aliphatic carbocycles. The zero-order chi connectivity index (χ0) is 21.0. The number of fused-ring (bicyclic) bond motifs is 1. The highest BCUT2D eigenvalue weighted by molar-refractivity contribution is 6.05. The highest BCUT2D eigenvalue weighted by atomic mass is 19.1. The lowest BCUT2D eigenvalue weighted by molar-refractivity contribution is -0.121.